The number of anilines is 3. The Hall–Kier alpha value is -3.31. The van der Waals surface area contributed by atoms with E-state index in [4.69, 9.17) is 11.6 Å². The number of hydrogen-bond acceptors (Lipinski definition) is 7. The number of hydrogen-bond donors (Lipinski definition) is 3. The summed E-state index contributed by atoms with van der Waals surface area (Å²) in [4.78, 5) is 23.5. The van der Waals surface area contributed by atoms with E-state index in [0.717, 1.165) is 17.3 Å². The molecular weight excluding hydrogens is 416 g/mol. The minimum Gasteiger partial charge on any atom is -0.338 e. The molecular formula is C17H16ClN8O2S+. The van der Waals surface area contributed by atoms with Crippen LogP contribution in [0.4, 0.5) is 17.2 Å². The second kappa shape index (κ2) is 7.26. The average molecular weight is 432 g/mol. The summed E-state index contributed by atoms with van der Waals surface area (Å²) in [6, 6.07) is 5.21. The first-order valence-electron chi connectivity index (χ1n) is 8.39. The summed E-state index contributed by atoms with van der Waals surface area (Å²) < 4.78 is 25.4. The minimum absolute atomic E-state index is 0.0391. The Balaban J connectivity index is 1.77. The molecule has 0 saturated carbocycles. The van der Waals surface area contributed by atoms with Gasteiger partial charge in [0.15, 0.2) is 17.0 Å². The van der Waals surface area contributed by atoms with Crippen molar-refractivity contribution >= 4 is 50.0 Å². The van der Waals surface area contributed by atoms with Crippen LogP contribution in [-0.4, -0.2) is 39.6 Å². The van der Waals surface area contributed by atoms with Crippen LogP contribution in [0.5, 0.6) is 0 Å². The van der Waals surface area contributed by atoms with Gasteiger partial charge in [0.1, 0.15) is 11.5 Å². The standard InChI is InChI=1S/C17H15ClN8O2S/c1-9-23-13(14-17(24-9)22-8-21-14)11-4-3-5-19-16(11)25-10-6-12(15(18)20-7-10)26-29(2,27)28/h3-8,26H,1-2H3,(H,19,25)(H,21,22,23,24)/p+1. The summed E-state index contributed by atoms with van der Waals surface area (Å²) in [7, 11) is -3.51. The lowest BCUT2D eigenvalue weighted by molar-refractivity contribution is -0.347. The Morgan fingerprint density at radius 2 is 2.07 bits per heavy atom. The van der Waals surface area contributed by atoms with Gasteiger partial charge in [0.2, 0.25) is 15.8 Å². The largest absolute Gasteiger partial charge is 0.338 e. The number of aromatic amines is 2. The van der Waals surface area contributed by atoms with Gasteiger partial charge in [0, 0.05) is 18.7 Å². The van der Waals surface area contributed by atoms with Crippen molar-refractivity contribution in [2.24, 2.45) is 0 Å². The number of H-pyrrole nitrogens is 2. The molecule has 0 atom stereocenters. The van der Waals surface area contributed by atoms with Crippen LogP contribution < -0.4 is 15.0 Å². The average Bonchev–Trinajstić information content (AvgIpc) is 3.11. The molecule has 0 bridgehead atoms. The second-order valence-electron chi connectivity index (χ2n) is 6.24. The number of fused-ring (bicyclic) bond motifs is 1. The molecule has 4 rings (SSSR count). The molecule has 0 aliphatic carbocycles. The van der Waals surface area contributed by atoms with Gasteiger partial charge >= 0.3 is 5.65 Å². The lowest BCUT2D eigenvalue weighted by atomic mass is 10.1. The Labute approximate surface area is 170 Å². The van der Waals surface area contributed by atoms with E-state index in [-0.39, 0.29) is 10.8 Å². The van der Waals surface area contributed by atoms with E-state index >= 15 is 0 Å². The van der Waals surface area contributed by atoms with E-state index in [0.29, 0.717) is 28.7 Å². The molecule has 4 heterocycles. The molecule has 4 aromatic rings. The molecule has 0 aliphatic rings. The lowest BCUT2D eigenvalue weighted by Crippen LogP contribution is -2.10. The maximum Gasteiger partial charge on any atom is 0.303 e. The van der Waals surface area contributed by atoms with Gasteiger partial charge in [-0.1, -0.05) is 16.6 Å². The van der Waals surface area contributed by atoms with Crippen LogP contribution in [0.3, 0.4) is 0 Å². The van der Waals surface area contributed by atoms with E-state index < -0.39 is 10.0 Å². The highest BCUT2D eigenvalue weighted by Crippen LogP contribution is 2.31. The molecule has 29 heavy (non-hydrogen) atoms. The predicted octanol–water partition coefficient (Wildman–Crippen LogP) is 2.31. The number of sulfonamides is 1. The smallest absolute Gasteiger partial charge is 0.303 e. The van der Waals surface area contributed by atoms with E-state index in [1.807, 2.05) is 6.07 Å². The van der Waals surface area contributed by atoms with Crippen molar-refractivity contribution < 1.29 is 13.4 Å². The molecule has 10 nitrogen and oxygen atoms in total. The lowest BCUT2D eigenvalue weighted by Gasteiger charge is -2.12. The fourth-order valence-corrected chi connectivity index (χ4v) is 3.57. The van der Waals surface area contributed by atoms with Crippen LogP contribution in [0.25, 0.3) is 22.4 Å². The molecule has 0 radical (unpaired) electrons. The zero-order valence-electron chi connectivity index (χ0n) is 15.4. The van der Waals surface area contributed by atoms with Crippen molar-refractivity contribution in [1.82, 2.24) is 24.9 Å². The molecule has 0 spiro atoms. The van der Waals surface area contributed by atoms with E-state index in [2.05, 4.69) is 39.9 Å². The van der Waals surface area contributed by atoms with Crippen molar-refractivity contribution in [2.45, 2.75) is 6.92 Å². The first-order chi connectivity index (χ1) is 13.8. The molecule has 0 aromatic carbocycles. The van der Waals surface area contributed by atoms with Gasteiger partial charge in [-0.25, -0.2) is 28.4 Å². The molecule has 0 saturated heterocycles. The topological polar surface area (TPSA) is 140 Å². The zero-order valence-corrected chi connectivity index (χ0v) is 16.9. The van der Waals surface area contributed by atoms with Crippen molar-refractivity contribution in [3.05, 3.63) is 47.9 Å². The van der Waals surface area contributed by atoms with Crippen LogP contribution in [0.15, 0.2) is 36.9 Å². The highest BCUT2D eigenvalue weighted by molar-refractivity contribution is 7.92. The Morgan fingerprint density at radius 3 is 2.86 bits per heavy atom. The van der Waals surface area contributed by atoms with Crippen LogP contribution >= 0.6 is 11.6 Å². The number of rotatable bonds is 5. The SMILES string of the molecule is Cc1nc(-c2cccnc2Nc2cnc(Cl)c(NS(C)(=O)=O)c2)c2[nH]c[nH+]c2n1. The molecule has 0 aliphatic heterocycles. The number of pyridine rings is 2. The molecule has 148 valence electrons. The van der Waals surface area contributed by atoms with Crippen LogP contribution in [0.1, 0.15) is 5.82 Å². The second-order valence-corrected chi connectivity index (χ2v) is 8.34. The summed E-state index contributed by atoms with van der Waals surface area (Å²) in [5.41, 5.74) is 3.47. The fraction of sp³-hybridized carbons (Fsp3) is 0.118. The normalized spacial score (nSPS) is 11.6. The van der Waals surface area contributed by atoms with Crippen LogP contribution in [0, 0.1) is 6.92 Å². The number of nitrogens with zero attached hydrogens (tertiary/aromatic N) is 4. The third-order valence-corrected chi connectivity index (χ3v) is 4.80. The quantitative estimate of drug-likeness (QED) is 0.412. The van der Waals surface area contributed by atoms with Gasteiger partial charge in [-0.05, 0) is 18.2 Å². The van der Waals surface area contributed by atoms with Crippen LogP contribution in [0.2, 0.25) is 5.15 Å². The summed E-state index contributed by atoms with van der Waals surface area (Å²) in [6.45, 7) is 1.81. The Morgan fingerprint density at radius 1 is 1.24 bits per heavy atom. The fourth-order valence-electron chi connectivity index (χ4n) is 2.81. The van der Waals surface area contributed by atoms with Gasteiger partial charge in [0.05, 0.1) is 23.8 Å². The Kier molecular flexibility index (Phi) is 4.76. The van der Waals surface area contributed by atoms with Gasteiger partial charge < -0.3 is 5.32 Å². The highest BCUT2D eigenvalue weighted by Gasteiger charge is 2.19. The minimum atomic E-state index is -3.51. The molecule has 12 heteroatoms. The summed E-state index contributed by atoms with van der Waals surface area (Å²) in [5, 5.41) is 3.19. The maximum absolute atomic E-state index is 11.5. The highest BCUT2D eigenvalue weighted by atomic mass is 35.5. The van der Waals surface area contributed by atoms with Crippen molar-refractivity contribution in [1.29, 1.82) is 0 Å². The third kappa shape index (κ3) is 4.10. The molecule has 0 unspecified atom stereocenters. The number of aromatic nitrogens is 6. The number of imidazole rings is 1. The van der Waals surface area contributed by atoms with Gasteiger partial charge in [0.25, 0.3) is 0 Å². The first-order valence-corrected chi connectivity index (χ1v) is 10.7. The van der Waals surface area contributed by atoms with Crippen molar-refractivity contribution in [2.75, 3.05) is 16.3 Å². The van der Waals surface area contributed by atoms with Crippen molar-refractivity contribution in [3.63, 3.8) is 0 Å². The van der Waals surface area contributed by atoms with Gasteiger partial charge in [-0.3, -0.25) is 9.71 Å². The summed E-state index contributed by atoms with van der Waals surface area (Å²) in [5.74, 6) is 1.11. The third-order valence-electron chi connectivity index (χ3n) is 3.91. The van der Waals surface area contributed by atoms with Crippen molar-refractivity contribution in [3.8, 4) is 11.3 Å². The van der Waals surface area contributed by atoms with Gasteiger partial charge in [-0.2, -0.15) is 0 Å². The van der Waals surface area contributed by atoms with E-state index in [9.17, 15) is 8.42 Å². The molecule has 0 fully saturated rings. The van der Waals surface area contributed by atoms with E-state index in [1.165, 1.54) is 12.3 Å². The summed E-state index contributed by atoms with van der Waals surface area (Å²) >= 11 is 6.00. The monoisotopic (exact) mass is 431 g/mol. The zero-order chi connectivity index (χ0) is 20.6. The maximum atomic E-state index is 11.5. The van der Waals surface area contributed by atoms with Crippen LogP contribution in [-0.2, 0) is 10.0 Å². The Bertz CT molecular complexity index is 1320. The number of halogens is 1. The number of nitrogens with one attached hydrogen (secondary N) is 4. The molecule has 4 N–H and O–H groups in total. The summed E-state index contributed by atoms with van der Waals surface area (Å²) in [6.07, 6.45) is 5.84. The van der Waals surface area contributed by atoms with E-state index in [1.54, 1.807) is 25.5 Å². The first kappa shape index (κ1) is 19.0. The molecule has 0 amide bonds. The van der Waals surface area contributed by atoms with Gasteiger partial charge in [-0.15, -0.1) is 0 Å². The predicted molar refractivity (Wildman–Crippen MR) is 109 cm³/mol. The molecule has 4 aromatic heterocycles. The number of aryl methyl sites for hydroxylation is 1.